The first-order chi connectivity index (χ1) is 20.3. The molecule has 0 spiro atoms. The van der Waals surface area contributed by atoms with Crippen molar-refractivity contribution in [2.24, 2.45) is 5.92 Å². The molecule has 3 heterocycles. The largest absolute Gasteiger partial charge is 0.573 e. The van der Waals surface area contributed by atoms with Crippen molar-refractivity contribution in [3.63, 3.8) is 0 Å². The van der Waals surface area contributed by atoms with E-state index in [9.17, 15) is 41.0 Å². The number of carbonyl (C=O) groups excluding carboxylic acids is 2. The van der Waals surface area contributed by atoms with Gasteiger partial charge in [-0.1, -0.05) is 11.6 Å². The van der Waals surface area contributed by atoms with Gasteiger partial charge in [-0.2, -0.15) is 0 Å². The van der Waals surface area contributed by atoms with Gasteiger partial charge in [-0.15, -0.1) is 13.2 Å². The molecule has 8 nitrogen and oxygen atoms in total. The number of fused-ring (bicyclic) bond motifs is 1. The summed E-state index contributed by atoms with van der Waals surface area (Å²) in [6, 6.07) is 5.92. The Morgan fingerprint density at radius 3 is 2.47 bits per heavy atom. The highest BCUT2D eigenvalue weighted by molar-refractivity contribution is 6.30. The standard InChI is InChI=1S/C28H23ClF6N4O4/c29-15-9-19(23(24(31)32)37-11-15)25(40)38-17-4-1-14(2-5-17)13-39-21-10-18(43-28(33,34)35)6-7-20(21)27(42,26(39)41)22-8-3-16(30)12-36-22/h3,6-12,14,17,24,42H,1-2,4-5,13H2,(H,38,40)/t14-,17-,27?. The molecule has 1 unspecified atom stereocenters. The number of carbonyl (C=O) groups is 2. The van der Waals surface area contributed by atoms with E-state index in [-0.39, 0.29) is 46.0 Å². The summed E-state index contributed by atoms with van der Waals surface area (Å²) in [6.45, 7) is -0.000774. The number of ether oxygens (including phenoxy) is 1. The predicted octanol–water partition coefficient (Wildman–Crippen LogP) is 5.68. The number of rotatable bonds is 7. The Bertz CT molecular complexity index is 1530. The topological polar surface area (TPSA) is 105 Å². The van der Waals surface area contributed by atoms with E-state index in [1.165, 1.54) is 0 Å². The molecule has 3 aromatic rings. The van der Waals surface area contributed by atoms with Crippen molar-refractivity contribution < 1.29 is 45.8 Å². The van der Waals surface area contributed by atoms with Crippen LogP contribution < -0.4 is 15.0 Å². The maximum Gasteiger partial charge on any atom is 0.573 e. The van der Waals surface area contributed by atoms with E-state index in [2.05, 4.69) is 20.0 Å². The fourth-order valence-corrected chi connectivity index (χ4v) is 5.65. The third-order valence-electron chi connectivity index (χ3n) is 7.50. The third kappa shape index (κ3) is 6.25. The zero-order valence-corrected chi connectivity index (χ0v) is 22.8. The van der Waals surface area contributed by atoms with Gasteiger partial charge in [-0.05, 0) is 61.9 Å². The molecule has 228 valence electrons. The lowest BCUT2D eigenvalue weighted by molar-refractivity contribution is -0.274. The summed E-state index contributed by atoms with van der Waals surface area (Å²) in [5.41, 5.74) is -3.70. The SMILES string of the molecule is O=C(N[C@H]1CC[C@H](CN2C(=O)C(O)(c3ccc(F)cn3)c3ccc(OC(F)(F)F)cc32)CC1)c1cc(Cl)cnc1C(F)F. The van der Waals surface area contributed by atoms with Crippen LogP contribution >= 0.6 is 11.6 Å². The molecule has 43 heavy (non-hydrogen) atoms. The van der Waals surface area contributed by atoms with Crippen molar-refractivity contribution in [3.8, 4) is 5.75 Å². The number of aliphatic hydroxyl groups is 1. The van der Waals surface area contributed by atoms with Gasteiger partial charge in [0.05, 0.1) is 28.2 Å². The van der Waals surface area contributed by atoms with Crippen molar-refractivity contribution in [2.45, 2.75) is 50.1 Å². The van der Waals surface area contributed by atoms with Crippen LogP contribution in [-0.4, -0.2) is 45.8 Å². The van der Waals surface area contributed by atoms with Crippen molar-refractivity contribution in [3.05, 3.63) is 82.1 Å². The van der Waals surface area contributed by atoms with E-state index in [4.69, 9.17) is 11.6 Å². The number of benzene rings is 1. The Labute approximate surface area is 245 Å². The molecule has 2 N–H and O–H groups in total. The molecule has 2 aliphatic rings. The summed E-state index contributed by atoms with van der Waals surface area (Å²) in [6.07, 6.45) is -4.44. The number of amides is 2. The van der Waals surface area contributed by atoms with Gasteiger partial charge in [0.1, 0.15) is 17.3 Å². The van der Waals surface area contributed by atoms with E-state index in [1.807, 2.05) is 0 Å². The number of hydrogen-bond donors (Lipinski definition) is 2. The maximum absolute atomic E-state index is 13.7. The number of anilines is 1. The van der Waals surface area contributed by atoms with Crippen molar-refractivity contribution in [2.75, 3.05) is 11.4 Å². The van der Waals surface area contributed by atoms with Gasteiger partial charge in [0.25, 0.3) is 18.2 Å². The number of halogens is 7. The first-order valence-corrected chi connectivity index (χ1v) is 13.4. The highest BCUT2D eigenvalue weighted by atomic mass is 35.5. The molecule has 1 atom stereocenters. The van der Waals surface area contributed by atoms with Crippen molar-refractivity contribution >= 4 is 29.1 Å². The second-order valence-corrected chi connectivity index (χ2v) is 10.7. The van der Waals surface area contributed by atoms with Gasteiger partial charge in [0, 0.05) is 30.4 Å². The van der Waals surface area contributed by atoms with E-state index >= 15 is 0 Å². The Morgan fingerprint density at radius 1 is 1.12 bits per heavy atom. The van der Waals surface area contributed by atoms with E-state index < -0.39 is 47.5 Å². The Balaban J connectivity index is 1.33. The molecule has 1 aliphatic carbocycles. The van der Waals surface area contributed by atoms with Crippen LogP contribution in [0.1, 0.15) is 59.4 Å². The minimum Gasteiger partial charge on any atom is -0.406 e. The third-order valence-corrected chi connectivity index (χ3v) is 7.70. The van der Waals surface area contributed by atoms with Gasteiger partial charge < -0.3 is 20.1 Å². The molecule has 1 aromatic carbocycles. The van der Waals surface area contributed by atoms with Gasteiger partial charge in [-0.25, -0.2) is 13.2 Å². The lowest BCUT2D eigenvalue weighted by Gasteiger charge is -2.32. The fraction of sp³-hybridized carbons (Fsp3) is 0.357. The number of aromatic nitrogens is 2. The highest BCUT2D eigenvalue weighted by Gasteiger charge is 2.53. The lowest BCUT2D eigenvalue weighted by atomic mass is 9.85. The van der Waals surface area contributed by atoms with Crippen LogP contribution in [0.5, 0.6) is 5.75 Å². The number of nitrogens with one attached hydrogen (secondary N) is 1. The Kier molecular flexibility index (Phi) is 8.27. The summed E-state index contributed by atoms with van der Waals surface area (Å²) >= 11 is 5.84. The highest BCUT2D eigenvalue weighted by Crippen LogP contribution is 2.46. The molecule has 0 saturated heterocycles. The lowest BCUT2D eigenvalue weighted by Crippen LogP contribution is -2.45. The number of nitrogens with zero attached hydrogens (tertiary/aromatic N) is 3. The average molecular weight is 629 g/mol. The molecular formula is C28H23ClF6N4O4. The second-order valence-electron chi connectivity index (χ2n) is 10.3. The van der Waals surface area contributed by atoms with E-state index in [0.717, 1.165) is 53.7 Å². The molecule has 0 radical (unpaired) electrons. The van der Waals surface area contributed by atoms with E-state index in [0.29, 0.717) is 25.7 Å². The zero-order chi connectivity index (χ0) is 31.1. The van der Waals surface area contributed by atoms with Crippen LogP contribution in [0.15, 0.2) is 48.8 Å². The Hall–Kier alpha value is -3.91. The van der Waals surface area contributed by atoms with Crippen molar-refractivity contribution in [1.29, 1.82) is 0 Å². The number of alkyl halides is 5. The van der Waals surface area contributed by atoms with Crippen LogP contribution in [0.4, 0.5) is 32.0 Å². The average Bonchev–Trinajstić information content (AvgIpc) is 3.15. The molecule has 5 rings (SSSR count). The van der Waals surface area contributed by atoms with Crippen molar-refractivity contribution in [1.82, 2.24) is 15.3 Å². The van der Waals surface area contributed by atoms with Crippen LogP contribution in [0.2, 0.25) is 5.02 Å². The summed E-state index contributed by atoms with van der Waals surface area (Å²) in [5.74, 6) is -3.17. The molecule has 0 bridgehead atoms. The van der Waals surface area contributed by atoms with Gasteiger partial charge in [-0.3, -0.25) is 19.6 Å². The van der Waals surface area contributed by atoms with Crippen LogP contribution in [0, 0.1) is 11.7 Å². The molecule has 1 saturated carbocycles. The zero-order valence-electron chi connectivity index (χ0n) is 22.0. The molecule has 2 amide bonds. The molecule has 1 aliphatic heterocycles. The monoisotopic (exact) mass is 628 g/mol. The summed E-state index contributed by atoms with van der Waals surface area (Å²) in [5, 5.41) is 14.3. The predicted molar refractivity (Wildman–Crippen MR) is 140 cm³/mol. The van der Waals surface area contributed by atoms with Crippen LogP contribution in [0.25, 0.3) is 0 Å². The summed E-state index contributed by atoms with van der Waals surface area (Å²) in [7, 11) is 0. The fourth-order valence-electron chi connectivity index (χ4n) is 5.49. The quantitative estimate of drug-likeness (QED) is 0.327. The maximum atomic E-state index is 13.7. The minimum atomic E-state index is -5.00. The molecule has 2 aromatic heterocycles. The van der Waals surface area contributed by atoms with Gasteiger partial charge >= 0.3 is 6.36 Å². The van der Waals surface area contributed by atoms with Gasteiger partial charge in [0.2, 0.25) is 5.60 Å². The smallest absolute Gasteiger partial charge is 0.406 e. The molecular weight excluding hydrogens is 606 g/mol. The summed E-state index contributed by atoms with van der Waals surface area (Å²) < 4.78 is 83.1. The first-order valence-electron chi connectivity index (χ1n) is 13.1. The summed E-state index contributed by atoms with van der Waals surface area (Å²) in [4.78, 5) is 35.0. The van der Waals surface area contributed by atoms with Gasteiger partial charge in [0.15, 0.2) is 0 Å². The number of hydrogen-bond acceptors (Lipinski definition) is 6. The molecule has 15 heteroatoms. The van der Waals surface area contributed by atoms with Crippen LogP contribution in [-0.2, 0) is 10.4 Å². The minimum absolute atomic E-state index is 0.000774. The number of pyridine rings is 2. The second kappa shape index (κ2) is 11.6. The molecule has 1 fully saturated rings. The Morgan fingerprint density at radius 2 is 1.84 bits per heavy atom. The van der Waals surface area contributed by atoms with Crippen LogP contribution in [0.3, 0.4) is 0 Å². The van der Waals surface area contributed by atoms with E-state index in [1.54, 1.807) is 0 Å². The normalized spacial score (nSPS) is 22.1. The first kappa shape index (κ1) is 30.5.